The Balaban J connectivity index is -0.000000218. The molecule has 0 aromatic rings. The number of carbonyl (C=O) groups is 2. The van der Waals surface area contributed by atoms with Gasteiger partial charge in [-0.2, -0.15) is 5.92 Å². The molecule has 0 amide bonds. The van der Waals surface area contributed by atoms with Crippen LogP contribution in [-0.4, -0.2) is 11.9 Å². The second kappa shape index (κ2) is 15.3. The fourth-order valence-corrected chi connectivity index (χ4v) is 0.833. The summed E-state index contributed by atoms with van der Waals surface area (Å²) in [7, 11) is 0. The van der Waals surface area contributed by atoms with E-state index in [1.165, 1.54) is 25.7 Å². The van der Waals surface area contributed by atoms with Gasteiger partial charge >= 0.3 is 19.5 Å². The van der Waals surface area contributed by atoms with Crippen molar-refractivity contribution in [2.75, 3.05) is 0 Å². The molecule has 0 spiro atoms. The summed E-state index contributed by atoms with van der Waals surface area (Å²) in [6.45, 7) is 8.42. The Hall–Kier alpha value is -0.697. The first-order valence-corrected chi connectivity index (χ1v) is 5.37. The summed E-state index contributed by atoms with van der Waals surface area (Å²) in [5.74, 6) is -2.39. The van der Waals surface area contributed by atoms with Gasteiger partial charge in [0.05, 0.1) is 11.9 Å². The summed E-state index contributed by atoms with van der Waals surface area (Å²) in [5.41, 5.74) is 0. The van der Waals surface area contributed by atoms with Gasteiger partial charge in [0, 0.05) is 0 Å². The SMILES string of the molecule is O=C([O-])/C=C\C(=O)[O-].[CH2-]C(CC)CCCC.[Zn+2]. The van der Waals surface area contributed by atoms with E-state index >= 15 is 0 Å². The summed E-state index contributed by atoms with van der Waals surface area (Å²) < 4.78 is 0. The van der Waals surface area contributed by atoms with Crippen LogP contribution in [0.15, 0.2) is 12.2 Å². The zero-order chi connectivity index (χ0) is 13.0. The molecule has 0 radical (unpaired) electrons. The molecule has 0 aromatic heterocycles. The van der Waals surface area contributed by atoms with Gasteiger partial charge < -0.3 is 26.7 Å². The minimum Gasteiger partial charge on any atom is -0.545 e. The number of rotatable bonds is 6. The van der Waals surface area contributed by atoms with E-state index in [4.69, 9.17) is 0 Å². The Labute approximate surface area is 116 Å². The molecule has 0 aliphatic rings. The van der Waals surface area contributed by atoms with Crippen molar-refractivity contribution in [2.45, 2.75) is 39.5 Å². The molecule has 0 aliphatic heterocycles. The van der Waals surface area contributed by atoms with Gasteiger partial charge in [-0.05, 0) is 12.2 Å². The Morgan fingerprint density at radius 3 is 1.82 bits per heavy atom. The molecule has 0 bridgehead atoms. The smallest absolute Gasteiger partial charge is 0.545 e. The van der Waals surface area contributed by atoms with Gasteiger partial charge in [-0.15, -0.1) is 0 Å². The molecule has 0 saturated heterocycles. The number of hydrogen-bond acceptors (Lipinski definition) is 4. The van der Waals surface area contributed by atoms with E-state index in [1.807, 2.05) is 0 Å². The van der Waals surface area contributed by atoms with Crippen molar-refractivity contribution in [1.82, 2.24) is 0 Å². The molecule has 0 heterocycles. The summed E-state index contributed by atoms with van der Waals surface area (Å²) in [6, 6.07) is 0. The molecule has 94 valence electrons. The molecule has 1 atom stereocenters. The average molecular weight is 293 g/mol. The van der Waals surface area contributed by atoms with Crippen LogP contribution in [0.4, 0.5) is 0 Å². The van der Waals surface area contributed by atoms with Crippen LogP contribution in [0.5, 0.6) is 0 Å². The predicted molar refractivity (Wildman–Crippen MR) is 57.8 cm³/mol. The van der Waals surface area contributed by atoms with E-state index < -0.39 is 11.9 Å². The first-order valence-electron chi connectivity index (χ1n) is 5.37. The van der Waals surface area contributed by atoms with Crippen LogP contribution < -0.4 is 10.2 Å². The third-order valence-electron chi connectivity index (χ3n) is 1.90. The van der Waals surface area contributed by atoms with Crippen LogP contribution in [-0.2, 0) is 29.1 Å². The van der Waals surface area contributed by atoms with Crippen molar-refractivity contribution in [1.29, 1.82) is 0 Å². The van der Waals surface area contributed by atoms with E-state index in [0.29, 0.717) is 18.1 Å². The van der Waals surface area contributed by atoms with Crippen LogP contribution in [0, 0.1) is 12.8 Å². The average Bonchev–Trinajstić information content (AvgIpc) is 2.23. The number of carboxylic acid groups (broad SMARTS) is 2. The molecule has 0 fully saturated rings. The normalized spacial score (nSPS) is 11.0. The molecule has 1 unspecified atom stereocenters. The molecular weight excluding hydrogens is 274 g/mol. The number of carbonyl (C=O) groups excluding carboxylic acids is 2. The van der Waals surface area contributed by atoms with Crippen LogP contribution >= 0.6 is 0 Å². The Morgan fingerprint density at radius 1 is 1.18 bits per heavy atom. The van der Waals surface area contributed by atoms with Crippen molar-refractivity contribution in [2.24, 2.45) is 5.92 Å². The van der Waals surface area contributed by atoms with Gasteiger partial charge in [0.1, 0.15) is 0 Å². The predicted octanol–water partition coefficient (Wildman–Crippen LogP) is 0.0768. The van der Waals surface area contributed by atoms with Crippen LogP contribution in [0.1, 0.15) is 39.5 Å². The van der Waals surface area contributed by atoms with Crippen molar-refractivity contribution in [3.8, 4) is 0 Å². The molecule has 0 rings (SSSR count). The summed E-state index contributed by atoms with van der Waals surface area (Å²) >= 11 is 0. The molecule has 4 nitrogen and oxygen atoms in total. The minimum absolute atomic E-state index is 0. The number of aliphatic carboxylic acids is 2. The quantitative estimate of drug-likeness (QED) is 0.394. The zero-order valence-corrected chi connectivity index (χ0v) is 13.6. The fourth-order valence-electron chi connectivity index (χ4n) is 0.833. The molecule has 0 saturated carbocycles. The van der Waals surface area contributed by atoms with Crippen LogP contribution in [0.25, 0.3) is 0 Å². The maximum absolute atomic E-state index is 9.41. The summed E-state index contributed by atoms with van der Waals surface area (Å²) in [6.07, 6.45) is 5.98. The Kier molecular flexibility index (Phi) is 19.4. The minimum atomic E-state index is -1.55. The van der Waals surface area contributed by atoms with Crippen molar-refractivity contribution in [3.05, 3.63) is 19.1 Å². The van der Waals surface area contributed by atoms with Gasteiger partial charge in [-0.3, -0.25) is 0 Å². The molecule has 17 heavy (non-hydrogen) atoms. The first-order chi connectivity index (χ1) is 7.43. The monoisotopic (exact) mass is 291 g/mol. The topological polar surface area (TPSA) is 80.3 Å². The summed E-state index contributed by atoms with van der Waals surface area (Å²) in [5, 5.41) is 18.8. The zero-order valence-electron chi connectivity index (χ0n) is 10.6. The number of carboxylic acids is 2. The Morgan fingerprint density at radius 2 is 1.59 bits per heavy atom. The van der Waals surface area contributed by atoms with Gasteiger partial charge in [-0.1, -0.05) is 39.5 Å². The molecular formula is C12H19O4Zn-. The van der Waals surface area contributed by atoms with Crippen LogP contribution in [0.2, 0.25) is 0 Å². The van der Waals surface area contributed by atoms with E-state index in [9.17, 15) is 19.8 Å². The third-order valence-corrected chi connectivity index (χ3v) is 1.90. The van der Waals surface area contributed by atoms with Crippen molar-refractivity contribution in [3.63, 3.8) is 0 Å². The van der Waals surface area contributed by atoms with Gasteiger partial charge in [-0.25, -0.2) is 0 Å². The second-order valence-electron chi connectivity index (χ2n) is 3.39. The van der Waals surface area contributed by atoms with E-state index in [0.717, 1.165) is 0 Å². The Bertz CT molecular complexity index is 211. The fraction of sp³-hybridized carbons (Fsp3) is 0.583. The van der Waals surface area contributed by atoms with Gasteiger partial charge in [0.25, 0.3) is 0 Å². The maximum Gasteiger partial charge on any atom is 2.00 e. The second-order valence-corrected chi connectivity index (χ2v) is 3.39. The largest absolute Gasteiger partial charge is 2.00 e. The third kappa shape index (κ3) is 25.5. The first kappa shape index (κ1) is 21.6. The van der Waals surface area contributed by atoms with Gasteiger partial charge in [0.15, 0.2) is 0 Å². The number of hydrogen-bond donors (Lipinski definition) is 0. The van der Waals surface area contributed by atoms with E-state index in [2.05, 4.69) is 20.8 Å². The molecule has 0 aliphatic carbocycles. The number of unbranched alkanes of at least 4 members (excludes halogenated alkanes) is 1. The summed E-state index contributed by atoms with van der Waals surface area (Å²) in [4.78, 5) is 18.8. The standard InChI is InChI=1S/C8H17.C4H4O4.Zn/c1-4-6-7-8(3)5-2;5-3(6)1-2-4(7)8;/h8H,3-7H2,1-2H3;1-2H,(H,5,6)(H,7,8);/q-1;;+2/p-2/b;2-1-;. The van der Waals surface area contributed by atoms with E-state index in [1.54, 1.807) is 0 Å². The van der Waals surface area contributed by atoms with Crippen molar-refractivity contribution < 1.29 is 39.3 Å². The molecule has 5 heteroatoms. The van der Waals surface area contributed by atoms with Crippen LogP contribution in [0.3, 0.4) is 0 Å². The maximum atomic E-state index is 9.41. The van der Waals surface area contributed by atoms with Crippen molar-refractivity contribution >= 4 is 11.9 Å². The van der Waals surface area contributed by atoms with Gasteiger partial charge in [0.2, 0.25) is 0 Å². The molecule has 0 N–H and O–H groups in total. The van der Waals surface area contributed by atoms with E-state index in [-0.39, 0.29) is 19.5 Å². The molecule has 0 aromatic carbocycles.